The number of benzene rings is 1. The van der Waals surface area contributed by atoms with Crippen LogP contribution in [0.3, 0.4) is 0 Å². The van der Waals surface area contributed by atoms with Gasteiger partial charge in [0.25, 0.3) is 5.91 Å². The summed E-state index contributed by atoms with van der Waals surface area (Å²) in [6.07, 6.45) is 3.01. The molecule has 1 aromatic rings. The van der Waals surface area contributed by atoms with Gasteiger partial charge in [-0.15, -0.1) is 0 Å². The van der Waals surface area contributed by atoms with Gasteiger partial charge in [0.2, 0.25) is 0 Å². The number of aromatic hydroxyl groups is 1. The number of carbonyl (C=O) groups is 1. The molecule has 0 atom stereocenters. The van der Waals surface area contributed by atoms with Crippen molar-refractivity contribution in [1.29, 1.82) is 0 Å². The normalized spacial score (nSPS) is 10.3. The van der Waals surface area contributed by atoms with Crippen molar-refractivity contribution in [2.75, 3.05) is 20.3 Å². The Kier molecular flexibility index (Phi) is 6.22. The molecule has 0 saturated heterocycles. The lowest BCUT2D eigenvalue weighted by atomic mass is 10.1. The molecule has 4 heteroatoms. The molecule has 0 aliphatic heterocycles. The largest absolute Gasteiger partial charge is 0.508 e. The van der Waals surface area contributed by atoms with Gasteiger partial charge in [0.15, 0.2) is 0 Å². The monoisotopic (exact) mass is 251 g/mol. The van der Waals surface area contributed by atoms with Crippen LogP contribution in [0.25, 0.3) is 0 Å². The standard InChI is InChI=1S/C14H21NO3/c1-11-10-12(16)6-7-13(11)14(17)15-8-4-3-5-9-18-2/h6-7,10,16H,3-5,8-9H2,1-2H3,(H,15,17). The third-order valence-electron chi connectivity index (χ3n) is 2.77. The molecule has 0 bridgehead atoms. The fraction of sp³-hybridized carbons (Fsp3) is 0.500. The number of aryl methyl sites for hydroxylation is 1. The van der Waals surface area contributed by atoms with E-state index in [1.54, 1.807) is 19.2 Å². The molecule has 18 heavy (non-hydrogen) atoms. The first-order valence-corrected chi connectivity index (χ1v) is 6.22. The highest BCUT2D eigenvalue weighted by Crippen LogP contribution is 2.15. The highest BCUT2D eigenvalue weighted by atomic mass is 16.5. The van der Waals surface area contributed by atoms with Crippen molar-refractivity contribution >= 4 is 5.91 Å². The Bertz CT molecular complexity index is 391. The molecule has 0 heterocycles. The summed E-state index contributed by atoms with van der Waals surface area (Å²) in [6, 6.07) is 4.76. The van der Waals surface area contributed by atoms with Gasteiger partial charge in [-0.1, -0.05) is 0 Å². The van der Waals surface area contributed by atoms with E-state index >= 15 is 0 Å². The average molecular weight is 251 g/mol. The fourth-order valence-electron chi connectivity index (χ4n) is 1.75. The number of hydrogen-bond donors (Lipinski definition) is 2. The molecule has 0 unspecified atom stereocenters. The van der Waals surface area contributed by atoms with Crippen molar-refractivity contribution in [1.82, 2.24) is 5.32 Å². The highest BCUT2D eigenvalue weighted by Gasteiger charge is 2.08. The van der Waals surface area contributed by atoms with Crippen LogP contribution >= 0.6 is 0 Å². The lowest BCUT2D eigenvalue weighted by Gasteiger charge is -2.08. The maximum Gasteiger partial charge on any atom is 0.251 e. The minimum absolute atomic E-state index is 0.0840. The van der Waals surface area contributed by atoms with Crippen molar-refractivity contribution in [2.24, 2.45) is 0 Å². The minimum atomic E-state index is -0.0840. The first kappa shape index (κ1) is 14.5. The Balaban J connectivity index is 2.32. The summed E-state index contributed by atoms with van der Waals surface area (Å²) in [6.45, 7) is 3.25. The second-order valence-corrected chi connectivity index (χ2v) is 4.31. The maximum absolute atomic E-state index is 11.8. The average Bonchev–Trinajstić information content (AvgIpc) is 2.33. The second kappa shape index (κ2) is 7.71. The SMILES string of the molecule is COCCCCCNC(=O)c1ccc(O)cc1C. The quantitative estimate of drug-likeness (QED) is 0.731. The molecule has 0 aliphatic carbocycles. The summed E-state index contributed by atoms with van der Waals surface area (Å²) >= 11 is 0. The number of phenols is 1. The Hall–Kier alpha value is -1.55. The van der Waals surface area contributed by atoms with Gasteiger partial charge in [0, 0.05) is 25.8 Å². The number of ether oxygens (including phenoxy) is 1. The molecule has 0 radical (unpaired) electrons. The molecule has 0 saturated carbocycles. The Morgan fingerprint density at radius 1 is 1.33 bits per heavy atom. The number of carbonyl (C=O) groups excluding carboxylic acids is 1. The summed E-state index contributed by atoms with van der Waals surface area (Å²) in [7, 11) is 1.69. The van der Waals surface area contributed by atoms with Crippen LogP contribution in [0.4, 0.5) is 0 Å². The first-order chi connectivity index (χ1) is 8.65. The van der Waals surface area contributed by atoms with Crippen LogP contribution in [0, 0.1) is 6.92 Å². The van der Waals surface area contributed by atoms with E-state index < -0.39 is 0 Å². The Morgan fingerprint density at radius 2 is 2.11 bits per heavy atom. The van der Waals surface area contributed by atoms with Gasteiger partial charge < -0.3 is 15.2 Å². The second-order valence-electron chi connectivity index (χ2n) is 4.31. The van der Waals surface area contributed by atoms with E-state index in [9.17, 15) is 9.90 Å². The van der Waals surface area contributed by atoms with Crippen LogP contribution in [0.15, 0.2) is 18.2 Å². The van der Waals surface area contributed by atoms with Gasteiger partial charge in [-0.25, -0.2) is 0 Å². The highest BCUT2D eigenvalue weighted by molar-refractivity contribution is 5.95. The molecule has 0 spiro atoms. The van der Waals surface area contributed by atoms with E-state index in [-0.39, 0.29) is 11.7 Å². The zero-order valence-corrected chi connectivity index (χ0v) is 11.0. The summed E-state index contributed by atoms with van der Waals surface area (Å²) in [5, 5.41) is 12.1. The number of amides is 1. The summed E-state index contributed by atoms with van der Waals surface area (Å²) in [4.78, 5) is 11.8. The van der Waals surface area contributed by atoms with Gasteiger partial charge in [0.05, 0.1) is 0 Å². The van der Waals surface area contributed by atoms with Gasteiger partial charge in [-0.3, -0.25) is 4.79 Å². The predicted molar refractivity (Wildman–Crippen MR) is 70.9 cm³/mol. The van der Waals surface area contributed by atoms with Gasteiger partial charge in [-0.05, 0) is 49.9 Å². The first-order valence-electron chi connectivity index (χ1n) is 6.22. The molecule has 100 valence electrons. The summed E-state index contributed by atoms with van der Waals surface area (Å²) in [5.74, 6) is 0.0999. The zero-order chi connectivity index (χ0) is 13.4. The van der Waals surface area contributed by atoms with Crippen molar-refractivity contribution in [3.63, 3.8) is 0 Å². The minimum Gasteiger partial charge on any atom is -0.508 e. The van der Waals surface area contributed by atoms with Crippen LogP contribution in [0.1, 0.15) is 35.2 Å². The molecule has 0 aliphatic rings. The summed E-state index contributed by atoms with van der Waals surface area (Å²) < 4.78 is 4.95. The fourth-order valence-corrected chi connectivity index (χ4v) is 1.75. The molecule has 0 aromatic heterocycles. The smallest absolute Gasteiger partial charge is 0.251 e. The van der Waals surface area contributed by atoms with Crippen LogP contribution in [-0.4, -0.2) is 31.3 Å². The van der Waals surface area contributed by atoms with Crippen LogP contribution in [0.2, 0.25) is 0 Å². The van der Waals surface area contributed by atoms with Gasteiger partial charge >= 0.3 is 0 Å². The topological polar surface area (TPSA) is 58.6 Å². The Labute approximate surface area is 108 Å². The van der Waals surface area contributed by atoms with Crippen LogP contribution < -0.4 is 5.32 Å². The van der Waals surface area contributed by atoms with Crippen molar-refractivity contribution in [3.8, 4) is 5.75 Å². The van der Waals surface area contributed by atoms with E-state index in [4.69, 9.17) is 4.74 Å². The molecule has 1 amide bonds. The Morgan fingerprint density at radius 3 is 2.78 bits per heavy atom. The van der Waals surface area contributed by atoms with E-state index in [2.05, 4.69) is 5.32 Å². The van der Waals surface area contributed by atoms with E-state index in [1.165, 1.54) is 6.07 Å². The van der Waals surface area contributed by atoms with Crippen LogP contribution in [-0.2, 0) is 4.74 Å². The number of rotatable bonds is 7. The van der Waals surface area contributed by atoms with Gasteiger partial charge in [0.1, 0.15) is 5.75 Å². The zero-order valence-electron chi connectivity index (χ0n) is 11.0. The number of phenolic OH excluding ortho intramolecular Hbond substituents is 1. The molecular formula is C14H21NO3. The van der Waals surface area contributed by atoms with Crippen LogP contribution in [0.5, 0.6) is 5.75 Å². The number of hydrogen-bond acceptors (Lipinski definition) is 3. The van der Waals surface area contributed by atoms with E-state index in [0.29, 0.717) is 12.1 Å². The van der Waals surface area contributed by atoms with Crippen molar-refractivity contribution < 1.29 is 14.6 Å². The van der Waals surface area contributed by atoms with E-state index in [0.717, 1.165) is 31.4 Å². The molecule has 1 rings (SSSR count). The maximum atomic E-state index is 11.8. The molecule has 0 fully saturated rings. The van der Waals surface area contributed by atoms with Gasteiger partial charge in [-0.2, -0.15) is 0 Å². The summed E-state index contributed by atoms with van der Waals surface area (Å²) in [5.41, 5.74) is 1.40. The predicted octanol–water partition coefficient (Wildman–Crippen LogP) is 2.25. The van der Waals surface area contributed by atoms with Crippen molar-refractivity contribution in [2.45, 2.75) is 26.2 Å². The molecule has 2 N–H and O–H groups in total. The lowest BCUT2D eigenvalue weighted by Crippen LogP contribution is -2.25. The number of methoxy groups -OCH3 is 1. The van der Waals surface area contributed by atoms with E-state index in [1.807, 2.05) is 6.92 Å². The lowest BCUT2D eigenvalue weighted by molar-refractivity contribution is 0.0952. The third kappa shape index (κ3) is 4.75. The van der Waals surface area contributed by atoms with Crippen molar-refractivity contribution in [3.05, 3.63) is 29.3 Å². The molecule has 1 aromatic carbocycles. The third-order valence-corrected chi connectivity index (χ3v) is 2.77. The number of unbranched alkanes of at least 4 members (excludes halogenated alkanes) is 2. The number of nitrogens with one attached hydrogen (secondary N) is 1. The molecular weight excluding hydrogens is 230 g/mol. The molecule has 4 nitrogen and oxygen atoms in total.